The second kappa shape index (κ2) is 6.96. The summed E-state index contributed by atoms with van der Waals surface area (Å²) in [5, 5.41) is 0. The summed E-state index contributed by atoms with van der Waals surface area (Å²) in [7, 11) is 0. The fourth-order valence-corrected chi connectivity index (χ4v) is 4.12. The molecule has 5 heterocycles. The Morgan fingerprint density at radius 2 is 1.19 bits per heavy atom. The van der Waals surface area contributed by atoms with Gasteiger partial charge in [-0.2, -0.15) is 0 Å². The highest BCUT2D eigenvalue weighted by atomic mass is 14.8. The molecule has 148 valence electrons. The minimum Gasteiger partial charge on any atom is -0.355 e. The number of rotatable bonds is 1. The van der Waals surface area contributed by atoms with Crippen LogP contribution in [-0.2, 0) is 0 Å². The van der Waals surface area contributed by atoms with E-state index in [-0.39, 0.29) is 0 Å². The van der Waals surface area contributed by atoms with E-state index >= 15 is 0 Å². The largest absolute Gasteiger partial charge is 0.355 e. The summed E-state index contributed by atoms with van der Waals surface area (Å²) in [6.07, 6.45) is 8.12. The van der Waals surface area contributed by atoms with Gasteiger partial charge in [-0.15, -0.1) is 0 Å². The van der Waals surface area contributed by atoms with Gasteiger partial charge >= 0.3 is 0 Å². The summed E-state index contributed by atoms with van der Waals surface area (Å²) < 4.78 is 0. The fraction of sp³-hybridized carbons (Fsp3) is 0.0370. The van der Waals surface area contributed by atoms with Crippen LogP contribution in [0.5, 0.6) is 0 Å². The van der Waals surface area contributed by atoms with Crippen molar-refractivity contribution in [2.45, 2.75) is 6.92 Å². The van der Waals surface area contributed by atoms with E-state index in [0.717, 1.165) is 44.8 Å². The molecule has 4 heteroatoms. The van der Waals surface area contributed by atoms with Crippen molar-refractivity contribution in [3.05, 3.63) is 95.1 Å². The number of hydrogen-bond donors (Lipinski definition) is 2. The van der Waals surface area contributed by atoms with Crippen LogP contribution in [-0.4, -0.2) is 19.9 Å². The SMILES string of the molecule is Cc1ccccc1-c1cc2cc3ccc(cc4nc(cc5nc(cc1[nH]2)C=C5)C=C4)[nH]3. The Morgan fingerprint density at radius 1 is 0.548 bits per heavy atom. The lowest BCUT2D eigenvalue weighted by molar-refractivity contribution is 1.28. The molecule has 8 bridgehead atoms. The minimum atomic E-state index is 0.904. The number of nitrogens with one attached hydrogen (secondary N) is 2. The molecule has 0 spiro atoms. The van der Waals surface area contributed by atoms with Gasteiger partial charge < -0.3 is 9.97 Å². The molecule has 0 radical (unpaired) electrons. The van der Waals surface area contributed by atoms with Crippen LogP contribution in [0.25, 0.3) is 57.5 Å². The van der Waals surface area contributed by atoms with Crippen LogP contribution in [0.1, 0.15) is 28.3 Å². The first-order valence-corrected chi connectivity index (χ1v) is 10.3. The summed E-state index contributed by atoms with van der Waals surface area (Å²) in [5.74, 6) is 0. The Hall–Kier alpha value is -4.18. The van der Waals surface area contributed by atoms with Gasteiger partial charge in [0.2, 0.25) is 0 Å². The van der Waals surface area contributed by atoms with Crippen LogP contribution in [0, 0.1) is 6.92 Å². The second-order valence-corrected chi connectivity index (χ2v) is 7.90. The summed E-state index contributed by atoms with van der Waals surface area (Å²) in [4.78, 5) is 16.5. The standard InChI is InChI=1S/C27H20N4/c1-17-4-2-3-5-25(17)26-15-24-14-22-9-8-20(29-22)12-18-6-7-19(28-18)13-21-10-11-23(30-21)16-27(26)31-24/h2-16,29,31H,1H3. The zero-order valence-corrected chi connectivity index (χ0v) is 17.1. The van der Waals surface area contributed by atoms with Crippen LogP contribution in [0.4, 0.5) is 0 Å². The molecule has 4 nitrogen and oxygen atoms in total. The number of benzene rings is 1. The third-order valence-electron chi connectivity index (χ3n) is 5.60. The van der Waals surface area contributed by atoms with Crippen molar-refractivity contribution in [2.24, 2.45) is 0 Å². The number of aryl methyl sites for hydroxylation is 1. The van der Waals surface area contributed by atoms with Gasteiger partial charge in [-0.25, -0.2) is 9.97 Å². The van der Waals surface area contributed by atoms with E-state index in [4.69, 9.17) is 4.98 Å². The summed E-state index contributed by atoms with van der Waals surface area (Å²) in [6, 6.07) is 23.1. The fourth-order valence-electron chi connectivity index (χ4n) is 4.12. The van der Waals surface area contributed by atoms with Crippen LogP contribution >= 0.6 is 0 Å². The van der Waals surface area contributed by atoms with Crippen molar-refractivity contribution in [3.8, 4) is 11.1 Å². The molecule has 2 aliphatic heterocycles. The van der Waals surface area contributed by atoms with Crippen molar-refractivity contribution >= 4 is 46.4 Å². The third-order valence-corrected chi connectivity index (χ3v) is 5.60. The zero-order chi connectivity index (χ0) is 20.8. The van der Waals surface area contributed by atoms with Gasteiger partial charge in [-0.3, -0.25) is 0 Å². The summed E-state index contributed by atoms with van der Waals surface area (Å²) >= 11 is 0. The highest BCUT2D eigenvalue weighted by Gasteiger charge is 2.08. The number of aromatic amines is 2. The van der Waals surface area contributed by atoms with Crippen molar-refractivity contribution < 1.29 is 0 Å². The predicted molar refractivity (Wildman–Crippen MR) is 129 cm³/mol. The van der Waals surface area contributed by atoms with Gasteiger partial charge in [0, 0.05) is 27.6 Å². The Labute approximate surface area is 179 Å². The molecule has 3 aromatic heterocycles. The van der Waals surface area contributed by atoms with Gasteiger partial charge in [0.15, 0.2) is 0 Å². The van der Waals surface area contributed by atoms with E-state index < -0.39 is 0 Å². The van der Waals surface area contributed by atoms with Crippen LogP contribution < -0.4 is 0 Å². The lowest BCUT2D eigenvalue weighted by Gasteiger charge is -2.03. The molecule has 0 saturated carbocycles. The van der Waals surface area contributed by atoms with E-state index in [2.05, 4.69) is 82.5 Å². The third kappa shape index (κ3) is 3.38. The first-order chi connectivity index (χ1) is 15.2. The lowest BCUT2D eigenvalue weighted by Crippen LogP contribution is -1.81. The highest BCUT2D eigenvalue weighted by molar-refractivity contribution is 5.89. The topological polar surface area (TPSA) is 57.4 Å². The molecule has 31 heavy (non-hydrogen) atoms. The van der Waals surface area contributed by atoms with Crippen molar-refractivity contribution in [2.75, 3.05) is 0 Å². The number of aromatic nitrogens is 4. The molecular formula is C27H20N4. The maximum Gasteiger partial charge on any atom is 0.0659 e. The molecule has 2 aliphatic rings. The Kier molecular flexibility index (Phi) is 3.96. The molecular weight excluding hydrogens is 380 g/mol. The van der Waals surface area contributed by atoms with Crippen molar-refractivity contribution in [1.82, 2.24) is 19.9 Å². The van der Waals surface area contributed by atoms with Gasteiger partial charge in [-0.1, -0.05) is 24.3 Å². The number of hydrogen-bond acceptors (Lipinski definition) is 2. The highest BCUT2D eigenvalue weighted by Crippen LogP contribution is 2.29. The summed E-state index contributed by atoms with van der Waals surface area (Å²) in [5.41, 5.74) is 11.4. The van der Waals surface area contributed by atoms with E-state index in [1.807, 2.05) is 30.4 Å². The Morgan fingerprint density at radius 3 is 1.94 bits per heavy atom. The molecule has 0 unspecified atom stereocenters. The van der Waals surface area contributed by atoms with E-state index in [0.29, 0.717) is 0 Å². The normalized spacial score (nSPS) is 12.4. The molecule has 1 aromatic carbocycles. The molecule has 0 atom stereocenters. The van der Waals surface area contributed by atoms with Gasteiger partial charge in [0.05, 0.1) is 22.8 Å². The molecule has 4 aromatic rings. The quantitative estimate of drug-likeness (QED) is 0.325. The first kappa shape index (κ1) is 17.7. The average molecular weight is 400 g/mol. The molecule has 0 amide bonds. The van der Waals surface area contributed by atoms with Crippen LogP contribution in [0.15, 0.2) is 66.7 Å². The minimum absolute atomic E-state index is 0.904. The van der Waals surface area contributed by atoms with Crippen LogP contribution in [0.3, 0.4) is 0 Å². The monoisotopic (exact) mass is 400 g/mol. The average Bonchev–Trinajstić information content (AvgIpc) is 3.53. The van der Waals surface area contributed by atoms with Gasteiger partial charge in [-0.05, 0) is 84.8 Å². The number of H-pyrrole nitrogens is 2. The zero-order valence-electron chi connectivity index (χ0n) is 17.1. The molecule has 2 N–H and O–H groups in total. The van der Waals surface area contributed by atoms with Crippen molar-refractivity contribution in [3.63, 3.8) is 0 Å². The predicted octanol–water partition coefficient (Wildman–Crippen LogP) is 6.63. The molecule has 0 saturated heterocycles. The first-order valence-electron chi connectivity index (χ1n) is 10.3. The summed E-state index contributed by atoms with van der Waals surface area (Å²) in [6.45, 7) is 2.15. The lowest BCUT2D eigenvalue weighted by atomic mass is 10.0. The van der Waals surface area contributed by atoms with E-state index in [1.165, 1.54) is 16.7 Å². The second-order valence-electron chi connectivity index (χ2n) is 7.90. The Bertz CT molecular complexity index is 1550. The van der Waals surface area contributed by atoms with Crippen molar-refractivity contribution in [1.29, 1.82) is 0 Å². The number of fused-ring (bicyclic) bond motifs is 8. The Balaban J connectivity index is 1.69. The molecule has 0 fully saturated rings. The maximum absolute atomic E-state index is 4.78. The van der Waals surface area contributed by atoms with Gasteiger partial charge in [0.25, 0.3) is 0 Å². The van der Waals surface area contributed by atoms with E-state index in [9.17, 15) is 0 Å². The van der Waals surface area contributed by atoms with Gasteiger partial charge in [0.1, 0.15) is 0 Å². The number of nitrogens with zero attached hydrogens (tertiary/aromatic N) is 2. The van der Waals surface area contributed by atoms with E-state index in [1.54, 1.807) is 0 Å². The van der Waals surface area contributed by atoms with Crippen LogP contribution in [0.2, 0.25) is 0 Å². The molecule has 6 rings (SSSR count). The molecule has 0 aliphatic carbocycles. The smallest absolute Gasteiger partial charge is 0.0659 e. The maximum atomic E-state index is 4.78.